The Kier molecular flexibility index (Phi) is 4.02. The second-order valence-electron chi connectivity index (χ2n) is 4.96. The first-order chi connectivity index (χ1) is 8.17. The fourth-order valence-electron chi connectivity index (χ4n) is 2.34. The van der Waals surface area contributed by atoms with Crippen molar-refractivity contribution in [3.8, 4) is 5.75 Å². The van der Waals surface area contributed by atoms with Gasteiger partial charge < -0.3 is 15.2 Å². The molecule has 1 unspecified atom stereocenters. The summed E-state index contributed by atoms with van der Waals surface area (Å²) in [6.45, 7) is 2.20. The summed E-state index contributed by atoms with van der Waals surface area (Å²) in [5, 5.41) is 12.8. The minimum absolute atomic E-state index is 0.330. The van der Waals surface area contributed by atoms with Gasteiger partial charge in [0.05, 0.1) is 6.10 Å². The maximum absolute atomic E-state index is 9.21. The smallest absolute Gasteiger partial charge is 0.115 e. The third-order valence-corrected chi connectivity index (χ3v) is 3.43. The Labute approximate surface area is 103 Å². The van der Waals surface area contributed by atoms with Gasteiger partial charge in [-0.3, -0.25) is 0 Å². The molecule has 17 heavy (non-hydrogen) atoms. The van der Waals surface area contributed by atoms with Gasteiger partial charge in [-0.15, -0.1) is 0 Å². The number of aromatic hydroxyl groups is 1. The molecule has 0 heterocycles. The third-order valence-electron chi connectivity index (χ3n) is 3.43. The highest BCUT2D eigenvalue weighted by Gasteiger charge is 2.29. The highest BCUT2D eigenvalue weighted by molar-refractivity contribution is 5.26. The van der Waals surface area contributed by atoms with Gasteiger partial charge in [0.25, 0.3) is 0 Å². The quantitative estimate of drug-likeness (QED) is 0.821. The van der Waals surface area contributed by atoms with Crippen LogP contribution in [0.1, 0.15) is 25.3 Å². The van der Waals surface area contributed by atoms with Gasteiger partial charge in [-0.25, -0.2) is 0 Å². The van der Waals surface area contributed by atoms with Crippen LogP contribution in [0.5, 0.6) is 5.75 Å². The molecule has 94 valence electrons. The topological polar surface area (TPSA) is 41.5 Å². The van der Waals surface area contributed by atoms with E-state index in [9.17, 15) is 5.11 Å². The van der Waals surface area contributed by atoms with Crippen LogP contribution >= 0.6 is 0 Å². The van der Waals surface area contributed by atoms with Crippen LogP contribution in [-0.2, 0) is 11.2 Å². The lowest BCUT2D eigenvalue weighted by molar-refractivity contribution is 0.0148. The van der Waals surface area contributed by atoms with Crippen molar-refractivity contribution < 1.29 is 9.84 Å². The molecule has 1 aromatic rings. The summed E-state index contributed by atoms with van der Waals surface area (Å²) in [6, 6.07) is 8.51. The monoisotopic (exact) mass is 235 g/mol. The third kappa shape index (κ3) is 3.45. The lowest BCUT2D eigenvalue weighted by Gasteiger charge is -2.36. The van der Waals surface area contributed by atoms with Crippen LogP contribution in [-0.4, -0.2) is 30.4 Å². The standard InChI is InChI=1S/C14H21NO2/c1-10(15-12-8-14(9-12)17-2)7-11-3-5-13(16)6-4-11/h3-6,10,12,14-16H,7-9H2,1-2H3. The number of phenolic OH excluding ortho intramolecular Hbond substituents is 1. The first-order valence-corrected chi connectivity index (χ1v) is 6.24. The SMILES string of the molecule is COC1CC(NC(C)Cc2ccc(O)cc2)C1. The summed E-state index contributed by atoms with van der Waals surface area (Å²) >= 11 is 0. The molecule has 0 aromatic heterocycles. The van der Waals surface area contributed by atoms with Crippen molar-refractivity contribution in [1.29, 1.82) is 0 Å². The van der Waals surface area contributed by atoms with Crippen molar-refractivity contribution in [1.82, 2.24) is 5.32 Å². The number of rotatable bonds is 5. The average Bonchev–Trinajstić information content (AvgIpc) is 2.26. The van der Waals surface area contributed by atoms with E-state index in [4.69, 9.17) is 4.74 Å². The van der Waals surface area contributed by atoms with Crippen LogP contribution in [0.15, 0.2) is 24.3 Å². The Hall–Kier alpha value is -1.06. The van der Waals surface area contributed by atoms with Crippen molar-refractivity contribution >= 4 is 0 Å². The number of phenols is 1. The van der Waals surface area contributed by atoms with Crippen molar-refractivity contribution in [2.75, 3.05) is 7.11 Å². The summed E-state index contributed by atoms with van der Waals surface area (Å²) < 4.78 is 5.26. The lowest BCUT2D eigenvalue weighted by atomic mass is 9.88. The van der Waals surface area contributed by atoms with Gasteiger partial charge in [-0.1, -0.05) is 12.1 Å². The van der Waals surface area contributed by atoms with Crippen molar-refractivity contribution in [2.24, 2.45) is 0 Å². The maximum atomic E-state index is 9.21. The number of methoxy groups -OCH3 is 1. The molecule has 0 aliphatic heterocycles. The normalized spacial score (nSPS) is 25.3. The molecule has 1 fully saturated rings. The Bertz CT molecular complexity index is 344. The van der Waals surface area contributed by atoms with Gasteiger partial charge in [-0.2, -0.15) is 0 Å². The Balaban J connectivity index is 1.74. The van der Waals surface area contributed by atoms with E-state index in [-0.39, 0.29) is 0 Å². The van der Waals surface area contributed by atoms with Crippen LogP contribution in [0.25, 0.3) is 0 Å². The molecular weight excluding hydrogens is 214 g/mol. The predicted molar refractivity (Wildman–Crippen MR) is 68.2 cm³/mol. The molecule has 1 atom stereocenters. The maximum Gasteiger partial charge on any atom is 0.115 e. The lowest BCUT2D eigenvalue weighted by Crippen LogP contribution is -2.48. The molecule has 0 amide bonds. The fraction of sp³-hybridized carbons (Fsp3) is 0.571. The molecule has 2 rings (SSSR count). The van der Waals surface area contributed by atoms with Crippen molar-refractivity contribution in [3.63, 3.8) is 0 Å². The molecule has 0 radical (unpaired) electrons. The van der Waals surface area contributed by atoms with E-state index in [0.29, 0.717) is 23.9 Å². The summed E-state index contributed by atoms with van der Waals surface area (Å²) in [4.78, 5) is 0. The van der Waals surface area contributed by atoms with Gasteiger partial charge in [-0.05, 0) is 43.9 Å². The number of nitrogens with one attached hydrogen (secondary N) is 1. The number of hydrogen-bond donors (Lipinski definition) is 2. The van der Waals surface area contributed by atoms with Crippen molar-refractivity contribution in [3.05, 3.63) is 29.8 Å². The van der Waals surface area contributed by atoms with Gasteiger partial charge in [0.1, 0.15) is 5.75 Å². The van der Waals surface area contributed by atoms with E-state index in [1.54, 1.807) is 19.2 Å². The molecule has 1 aliphatic rings. The first kappa shape index (κ1) is 12.4. The zero-order valence-corrected chi connectivity index (χ0v) is 10.5. The van der Waals surface area contributed by atoms with E-state index in [1.807, 2.05) is 12.1 Å². The fourth-order valence-corrected chi connectivity index (χ4v) is 2.34. The Morgan fingerprint density at radius 1 is 1.35 bits per heavy atom. The molecule has 1 aromatic carbocycles. The largest absolute Gasteiger partial charge is 0.508 e. The molecule has 2 N–H and O–H groups in total. The molecule has 0 saturated heterocycles. The molecule has 0 bridgehead atoms. The second kappa shape index (κ2) is 5.52. The second-order valence-corrected chi connectivity index (χ2v) is 4.96. The minimum Gasteiger partial charge on any atom is -0.508 e. The summed E-state index contributed by atoms with van der Waals surface area (Å²) in [6.07, 6.45) is 3.69. The molecule has 3 heteroatoms. The number of hydrogen-bond acceptors (Lipinski definition) is 3. The van der Waals surface area contributed by atoms with Crippen LogP contribution in [0.2, 0.25) is 0 Å². The number of ether oxygens (including phenoxy) is 1. The van der Waals surface area contributed by atoms with Gasteiger partial charge >= 0.3 is 0 Å². The van der Waals surface area contributed by atoms with E-state index in [0.717, 1.165) is 19.3 Å². The summed E-state index contributed by atoms with van der Waals surface area (Å²) in [5.74, 6) is 0.330. The molecule has 1 saturated carbocycles. The van der Waals surface area contributed by atoms with Gasteiger partial charge in [0.2, 0.25) is 0 Å². The molecule has 1 aliphatic carbocycles. The zero-order valence-electron chi connectivity index (χ0n) is 10.5. The highest BCUT2D eigenvalue weighted by atomic mass is 16.5. The summed E-state index contributed by atoms with van der Waals surface area (Å²) in [7, 11) is 1.78. The van der Waals surface area contributed by atoms with Crippen LogP contribution in [0.3, 0.4) is 0 Å². The van der Waals surface area contributed by atoms with E-state index < -0.39 is 0 Å². The average molecular weight is 235 g/mol. The predicted octanol–water partition coefficient (Wildman–Crippen LogP) is 2.09. The molecule has 0 spiro atoms. The zero-order chi connectivity index (χ0) is 12.3. The van der Waals surface area contributed by atoms with Crippen LogP contribution in [0.4, 0.5) is 0 Å². The van der Waals surface area contributed by atoms with Crippen LogP contribution < -0.4 is 5.32 Å². The highest BCUT2D eigenvalue weighted by Crippen LogP contribution is 2.23. The van der Waals surface area contributed by atoms with Gasteiger partial charge in [0.15, 0.2) is 0 Å². The molecule has 3 nitrogen and oxygen atoms in total. The minimum atomic E-state index is 0.330. The van der Waals surface area contributed by atoms with Crippen molar-refractivity contribution in [2.45, 2.75) is 44.4 Å². The van der Waals surface area contributed by atoms with Gasteiger partial charge in [0, 0.05) is 19.2 Å². The van der Waals surface area contributed by atoms with E-state index in [1.165, 1.54) is 5.56 Å². The van der Waals surface area contributed by atoms with Crippen LogP contribution in [0, 0.1) is 0 Å². The Morgan fingerprint density at radius 2 is 2.00 bits per heavy atom. The van der Waals surface area contributed by atoms with E-state index >= 15 is 0 Å². The van der Waals surface area contributed by atoms with E-state index in [2.05, 4.69) is 12.2 Å². The summed E-state index contributed by atoms with van der Waals surface area (Å²) in [5.41, 5.74) is 1.26. The molecular formula is C14H21NO2. The Morgan fingerprint density at radius 3 is 2.59 bits per heavy atom. The number of benzene rings is 1. The first-order valence-electron chi connectivity index (χ1n) is 6.24.